The molecule has 1 fully saturated rings. The summed E-state index contributed by atoms with van der Waals surface area (Å²) < 4.78 is 0. The van der Waals surface area contributed by atoms with Crippen LogP contribution in [0.25, 0.3) is 0 Å². The van der Waals surface area contributed by atoms with Crippen molar-refractivity contribution < 1.29 is 0 Å². The van der Waals surface area contributed by atoms with E-state index >= 15 is 0 Å². The first-order valence-electron chi connectivity index (χ1n) is 6.63. The summed E-state index contributed by atoms with van der Waals surface area (Å²) in [6.45, 7) is 12.4. The van der Waals surface area contributed by atoms with E-state index < -0.39 is 0 Å². The molecule has 0 saturated heterocycles. The van der Waals surface area contributed by atoms with E-state index in [0.29, 0.717) is 5.41 Å². The standard InChI is InChI=1S/C16H25N/c1-12-6-8-13(9-7-12)16(5)10-14(16)11-17-15(2,3)4/h6-9,14,17H,10-11H2,1-5H3. The molecule has 1 saturated carbocycles. The SMILES string of the molecule is Cc1ccc(C2(C)CC2CNC(C)(C)C)cc1. The third-order valence-corrected chi connectivity index (χ3v) is 4.00. The summed E-state index contributed by atoms with van der Waals surface area (Å²) in [5, 5.41) is 3.62. The van der Waals surface area contributed by atoms with Crippen LogP contribution in [0.3, 0.4) is 0 Å². The lowest BCUT2D eigenvalue weighted by atomic mass is 9.94. The minimum Gasteiger partial charge on any atom is -0.312 e. The first-order valence-corrected chi connectivity index (χ1v) is 6.63. The zero-order chi connectivity index (χ0) is 12.7. The van der Waals surface area contributed by atoms with Crippen molar-refractivity contribution >= 4 is 0 Å². The largest absolute Gasteiger partial charge is 0.312 e. The minimum atomic E-state index is 0.233. The quantitative estimate of drug-likeness (QED) is 0.837. The van der Waals surface area contributed by atoms with Gasteiger partial charge in [-0.05, 0) is 57.6 Å². The molecule has 0 aromatic heterocycles. The monoisotopic (exact) mass is 231 g/mol. The van der Waals surface area contributed by atoms with Crippen LogP contribution in [-0.4, -0.2) is 12.1 Å². The molecule has 1 aromatic rings. The topological polar surface area (TPSA) is 12.0 Å². The molecule has 1 heteroatoms. The van der Waals surface area contributed by atoms with E-state index in [0.717, 1.165) is 12.5 Å². The molecule has 0 radical (unpaired) electrons. The van der Waals surface area contributed by atoms with Crippen LogP contribution in [0, 0.1) is 12.8 Å². The number of aryl methyl sites for hydroxylation is 1. The highest BCUT2D eigenvalue weighted by Crippen LogP contribution is 2.53. The number of hydrogen-bond donors (Lipinski definition) is 1. The summed E-state index contributed by atoms with van der Waals surface area (Å²) in [6.07, 6.45) is 1.32. The van der Waals surface area contributed by atoms with Crippen molar-refractivity contribution in [1.82, 2.24) is 5.32 Å². The van der Waals surface area contributed by atoms with Gasteiger partial charge in [0.25, 0.3) is 0 Å². The van der Waals surface area contributed by atoms with E-state index in [1.807, 2.05) is 0 Å². The van der Waals surface area contributed by atoms with Crippen LogP contribution in [0.2, 0.25) is 0 Å². The van der Waals surface area contributed by atoms with Crippen molar-refractivity contribution in [1.29, 1.82) is 0 Å². The van der Waals surface area contributed by atoms with Crippen molar-refractivity contribution in [3.05, 3.63) is 35.4 Å². The molecule has 1 aliphatic carbocycles. The Morgan fingerprint density at radius 1 is 1.24 bits per heavy atom. The van der Waals surface area contributed by atoms with Crippen molar-refractivity contribution in [3.63, 3.8) is 0 Å². The zero-order valence-electron chi connectivity index (χ0n) is 11.8. The number of benzene rings is 1. The fraction of sp³-hybridized carbons (Fsp3) is 0.625. The van der Waals surface area contributed by atoms with Gasteiger partial charge in [0.05, 0.1) is 0 Å². The zero-order valence-corrected chi connectivity index (χ0v) is 11.8. The molecule has 2 unspecified atom stereocenters. The van der Waals surface area contributed by atoms with Crippen LogP contribution in [0.1, 0.15) is 45.2 Å². The maximum atomic E-state index is 3.62. The molecular formula is C16H25N. The second-order valence-electron chi connectivity index (χ2n) is 6.82. The Balaban J connectivity index is 1.97. The van der Waals surface area contributed by atoms with Gasteiger partial charge in [-0.2, -0.15) is 0 Å². The van der Waals surface area contributed by atoms with E-state index in [1.165, 1.54) is 17.5 Å². The van der Waals surface area contributed by atoms with Crippen LogP contribution in [0.4, 0.5) is 0 Å². The Morgan fingerprint density at radius 2 is 1.82 bits per heavy atom. The van der Waals surface area contributed by atoms with Gasteiger partial charge in [0.15, 0.2) is 0 Å². The van der Waals surface area contributed by atoms with Gasteiger partial charge in [0.2, 0.25) is 0 Å². The van der Waals surface area contributed by atoms with Crippen LogP contribution >= 0.6 is 0 Å². The predicted molar refractivity (Wildman–Crippen MR) is 74.4 cm³/mol. The highest BCUT2D eigenvalue weighted by atomic mass is 15.0. The summed E-state index contributed by atoms with van der Waals surface area (Å²) in [5.41, 5.74) is 3.49. The van der Waals surface area contributed by atoms with Crippen LogP contribution in [0.5, 0.6) is 0 Å². The molecule has 17 heavy (non-hydrogen) atoms. The first kappa shape index (κ1) is 12.6. The van der Waals surface area contributed by atoms with Gasteiger partial charge < -0.3 is 5.32 Å². The molecule has 0 bridgehead atoms. The third-order valence-electron chi connectivity index (χ3n) is 4.00. The molecule has 0 heterocycles. The molecule has 2 rings (SSSR count). The maximum absolute atomic E-state index is 3.62. The average Bonchev–Trinajstić information content (AvgIpc) is 2.88. The van der Waals surface area contributed by atoms with Crippen LogP contribution < -0.4 is 5.32 Å². The molecular weight excluding hydrogens is 206 g/mol. The summed E-state index contributed by atoms with van der Waals surface area (Å²) >= 11 is 0. The maximum Gasteiger partial charge on any atom is 0.00966 e. The van der Waals surface area contributed by atoms with Gasteiger partial charge in [0.1, 0.15) is 0 Å². The smallest absolute Gasteiger partial charge is 0.00966 e. The van der Waals surface area contributed by atoms with Gasteiger partial charge in [-0.15, -0.1) is 0 Å². The Labute approximate surface area is 106 Å². The highest BCUT2D eigenvalue weighted by Gasteiger charge is 2.50. The summed E-state index contributed by atoms with van der Waals surface area (Å²) in [7, 11) is 0. The normalized spacial score (nSPS) is 28.2. The highest BCUT2D eigenvalue weighted by molar-refractivity contribution is 5.34. The molecule has 1 N–H and O–H groups in total. The molecule has 0 amide bonds. The van der Waals surface area contributed by atoms with E-state index in [1.54, 1.807) is 0 Å². The lowest BCUT2D eigenvalue weighted by Gasteiger charge is -2.21. The van der Waals surface area contributed by atoms with E-state index in [4.69, 9.17) is 0 Å². The Bertz CT molecular complexity index is 385. The number of nitrogens with one attached hydrogen (secondary N) is 1. The second-order valence-corrected chi connectivity index (χ2v) is 6.82. The van der Waals surface area contributed by atoms with Crippen molar-refractivity contribution in [2.75, 3.05) is 6.54 Å². The fourth-order valence-corrected chi connectivity index (χ4v) is 2.47. The van der Waals surface area contributed by atoms with Crippen molar-refractivity contribution in [2.24, 2.45) is 5.92 Å². The van der Waals surface area contributed by atoms with Crippen LogP contribution in [-0.2, 0) is 5.41 Å². The molecule has 0 aliphatic heterocycles. The fourth-order valence-electron chi connectivity index (χ4n) is 2.47. The predicted octanol–water partition coefficient (Wildman–Crippen LogP) is 3.66. The molecule has 0 spiro atoms. The molecule has 1 aromatic carbocycles. The van der Waals surface area contributed by atoms with Crippen LogP contribution in [0.15, 0.2) is 24.3 Å². The summed E-state index contributed by atoms with van der Waals surface area (Å²) in [4.78, 5) is 0. The van der Waals surface area contributed by atoms with Gasteiger partial charge in [-0.1, -0.05) is 36.8 Å². The number of hydrogen-bond acceptors (Lipinski definition) is 1. The van der Waals surface area contributed by atoms with E-state index in [2.05, 4.69) is 64.2 Å². The van der Waals surface area contributed by atoms with Crippen molar-refractivity contribution in [3.8, 4) is 0 Å². The Kier molecular flexibility index (Phi) is 3.07. The molecule has 2 atom stereocenters. The van der Waals surface area contributed by atoms with E-state index in [-0.39, 0.29) is 5.54 Å². The number of rotatable bonds is 3. The lowest BCUT2D eigenvalue weighted by Crippen LogP contribution is -2.37. The van der Waals surface area contributed by atoms with Gasteiger partial charge in [0, 0.05) is 5.54 Å². The second kappa shape index (κ2) is 4.13. The molecule has 94 valence electrons. The molecule has 1 nitrogen and oxygen atoms in total. The van der Waals surface area contributed by atoms with Gasteiger partial charge in [-0.25, -0.2) is 0 Å². The summed E-state index contributed by atoms with van der Waals surface area (Å²) in [6, 6.07) is 9.05. The Morgan fingerprint density at radius 3 is 2.35 bits per heavy atom. The lowest BCUT2D eigenvalue weighted by molar-refractivity contribution is 0.406. The van der Waals surface area contributed by atoms with Gasteiger partial charge in [-0.3, -0.25) is 0 Å². The Hall–Kier alpha value is -0.820. The first-order chi connectivity index (χ1) is 7.81. The van der Waals surface area contributed by atoms with Gasteiger partial charge >= 0.3 is 0 Å². The third kappa shape index (κ3) is 2.90. The van der Waals surface area contributed by atoms with Crippen molar-refractivity contribution in [2.45, 2.75) is 52.0 Å². The minimum absolute atomic E-state index is 0.233. The van der Waals surface area contributed by atoms with E-state index in [9.17, 15) is 0 Å². The molecule has 1 aliphatic rings. The average molecular weight is 231 g/mol. The summed E-state index contributed by atoms with van der Waals surface area (Å²) in [5.74, 6) is 0.796.